The lowest BCUT2D eigenvalue weighted by atomic mass is 10.2. The van der Waals surface area contributed by atoms with E-state index < -0.39 is 0 Å². The Balaban J connectivity index is 1.93. The molecule has 0 radical (unpaired) electrons. The van der Waals surface area contributed by atoms with Crippen molar-refractivity contribution in [3.05, 3.63) is 18.2 Å². The number of carbonyl (C=O) groups is 2. The number of likely N-dealkylation sites (N-methyl/N-ethyl adjacent to an activating group) is 1. The number of anilines is 1. The number of quaternary nitrogens is 1. The van der Waals surface area contributed by atoms with E-state index in [1.807, 2.05) is 32.7 Å². The van der Waals surface area contributed by atoms with E-state index in [1.54, 1.807) is 18.2 Å². The molecule has 1 aliphatic heterocycles. The van der Waals surface area contributed by atoms with Crippen LogP contribution in [0.3, 0.4) is 0 Å². The molecule has 1 aromatic carbocycles. The first-order chi connectivity index (χ1) is 13.0. The van der Waals surface area contributed by atoms with E-state index in [0.717, 1.165) is 30.8 Å². The van der Waals surface area contributed by atoms with Crippen molar-refractivity contribution < 1.29 is 24.0 Å². The van der Waals surface area contributed by atoms with Gasteiger partial charge in [0.2, 0.25) is 0 Å². The van der Waals surface area contributed by atoms with Crippen LogP contribution in [0.2, 0.25) is 0 Å². The number of amides is 2. The lowest BCUT2D eigenvalue weighted by molar-refractivity contribution is -0.886. The van der Waals surface area contributed by atoms with Crippen molar-refractivity contribution in [2.24, 2.45) is 0 Å². The smallest absolute Gasteiger partial charge is 0.280 e. The molecule has 150 valence electrons. The molecule has 1 unspecified atom stereocenters. The Hall–Kier alpha value is -2.28. The Morgan fingerprint density at radius 3 is 2.41 bits per heavy atom. The van der Waals surface area contributed by atoms with Crippen molar-refractivity contribution in [2.45, 2.75) is 39.7 Å². The van der Waals surface area contributed by atoms with Gasteiger partial charge in [-0.05, 0) is 45.7 Å². The second-order valence-electron chi connectivity index (χ2n) is 6.85. The predicted molar refractivity (Wildman–Crippen MR) is 104 cm³/mol. The molecule has 7 nitrogen and oxygen atoms in total. The fraction of sp³-hybridized carbons (Fsp3) is 0.600. The average Bonchev–Trinajstić information content (AvgIpc) is 3.17. The maximum atomic E-state index is 12.5. The van der Waals surface area contributed by atoms with Gasteiger partial charge in [-0.2, -0.15) is 0 Å². The maximum absolute atomic E-state index is 12.5. The van der Waals surface area contributed by atoms with Gasteiger partial charge in [0.25, 0.3) is 11.8 Å². The van der Waals surface area contributed by atoms with Crippen LogP contribution in [0.1, 0.15) is 33.6 Å². The summed E-state index contributed by atoms with van der Waals surface area (Å²) in [6, 6.07) is 5.11. The lowest BCUT2D eigenvalue weighted by Gasteiger charge is -2.25. The molecule has 2 N–H and O–H groups in total. The van der Waals surface area contributed by atoms with E-state index in [9.17, 15) is 9.59 Å². The quantitative estimate of drug-likeness (QED) is 0.671. The Kier molecular flexibility index (Phi) is 7.91. The molecule has 1 saturated heterocycles. The highest BCUT2D eigenvalue weighted by atomic mass is 16.5. The summed E-state index contributed by atoms with van der Waals surface area (Å²) in [6.07, 6.45) is 2.13. The Morgan fingerprint density at radius 1 is 1.15 bits per heavy atom. The van der Waals surface area contributed by atoms with Gasteiger partial charge in [0.1, 0.15) is 0 Å². The summed E-state index contributed by atoms with van der Waals surface area (Å²) in [5, 5.41) is 2.88. The molecule has 0 saturated carbocycles. The van der Waals surface area contributed by atoms with E-state index >= 15 is 0 Å². The lowest BCUT2D eigenvalue weighted by Crippen LogP contribution is -3.15. The Morgan fingerprint density at radius 2 is 1.78 bits per heavy atom. The first-order valence-corrected chi connectivity index (χ1v) is 9.76. The number of benzene rings is 1. The maximum Gasteiger partial charge on any atom is 0.280 e. The second-order valence-corrected chi connectivity index (χ2v) is 6.85. The predicted octanol–water partition coefficient (Wildman–Crippen LogP) is 0.948. The largest absolute Gasteiger partial charge is 0.490 e. The normalized spacial score (nSPS) is 15.9. The van der Waals surface area contributed by atoms with Crippen LogP contribution in [0.5, 0.6) is 11.5 Å². The van der Waals surface area contributed by atoms with Gasteiger partial charge in [0.15, 0.2) is 24.1 Å². The zero-order valence-corrected chi connectivity index (χ0v) is 16.8. The molecule has 0 aromatic heterocycles. The van der Waals surface area contributed by atoms with Crippen LogP contribution in [0.4, 0.5) is 5.69 Å². The molecular formula is C20H32N3O4+. The van der Waals surface area contributed by atoms with Gasteiger partial charge < -0.3 is 24.6 Å². The Labute approximate surface area is 161 Å². The first-order valence-electron chi connectivity index (χ1n) is 9.76. The highest BCUT2D eigenvalue weighted by Crippen LogP contribution is 2.30. The van der Waals surface area contributed by atoms with Crippen LogP contribution in [-0.4, -0.2) is 62.7 Å². The minimum atomic E-state index is -0.242. The minimum absolute atomic E-state index is 0.123. The van der Waals surface area contributed by atoms with Crippen molar-refractivity contribution in [3.63, 3.8) is 0 Å². The van der Waals surface area contributed by atoms with E-state index in [0.29, 0.717) is 30.4 Å². The number of rotatable bonds is 9. The van der Waals surface area contributed by atoms with Crippen LogP contribution in [-0.2, 0) is 9.59 Å². The zero-order valence-electron chi connectivity index (χ0n) is 16.8. The van der Waals surface area contributed by atoms with Crippen molar-refractivity contribution in [2.75, 3.05) is 45.2 Å². The highest BCUT2D eigenvalue weighted by Gasteiger charge is 2.29. The van der Waals surface area contributed by atoms with Gasteiger partial charge in [-0.1, -0.05) is 0 Å². The van der Waals surface area contributed by atoms with E-state index in [4.69, 9.17) is 9.47 Å². The number of ether oxygens (including phenoxy) is 2. The number of carbonyl (C=O) groups excluding carboxylic acids is 2. The third-order valence-electron chi connectivity index (χ3n) is 4.79. The summed E-state index contributed by atoms with van der Waals surface area (Å²) in [7, 11) is 1.88. The standard InChI is InChI=1S/C20H31N3O4/c1-5-26-17-10-9-16(13-18(17)27-6-2)21-19(24)14-22(4)15(3)20(25)23-11-7-8-12-23/h9-10,13,15H,5-8,11-12,14H2,1-4H3,(H,21,24)/p+1/t15-/m0/s1. The zero-order chi connectivity index (χ0) is 19.8. The van der Waals surface area contributed by atoms with Crippen molar-refractivity contribution in [3.8, 4) is 11.5 Å². The number of hydrogen-bond acceptors (Lipinski definition) is 4. The number of nitrogens with one attached hydrogen (secondary N) is 2. The van der Waals surface area contributed by atoms with E-state index in [2.05, 4.69) is 5.32 Å². The summed E-state index contributed by atoms with van der Waals surface area (Å²) in [4.78, 5) is 27.7. The molecule has 1 heterocycles. The summed E-state index contributed by atoms with van der Waals surface area (Å²) in [5.74, 6) is 1.25. The molecule has 7 heteroatoms. The summed E-state index contributed by atoms with van der Waals surface area (Å²) < 4.78 is 11.1. The molecule has 1 fully saturated rings. The van der Waals surface area contributed by atoms with Crippen molar-refractivity contribution in [1.29, 1.82) is 0 Å². The molecule has 2 rings (SSSR count). The van der Waals surface area contributed by atoms with Gasteiger partial charge in [-0.3, -0.25) is 9.59 Å². The number of nitrogens with zero attached hydrogens (tertiary/aromatic N) is 1. The van der Waals surface area contributed by atoms with Crippen LogP contribution in [0.25, 0.3) is 0 Å². The SMILES string of the molecule is CCOc1ccc(NC(=O)C[NH+](C)[C@@H](C)C(=O)N2CCCC2)cc1OCC. The third-order valence-corrected chi connectivity index (χ3v) is 4.79. The van der Waals surface area contributed by atoms with Gasteiger partial charge in [0.05, 0.1) is 20.3 Å². The van der Waals surface area contributed by atoms with Gasteiger partial charge in [0, 0.05) is 24.8 Å². The summed E-state index contributed by atoms with van der Waals surface area (Å²) in [6.45, 7) is 8.63. The van der Waals surface area contributed by atoms with E-state index in [-0.39, 0.29) is 24.4 Å². The minimum Gasteiger partial charge on any atom is -0.490 e. The summed E-state index contributed by atoms with van der Waals surface area (Å²) in [5.41, 5.74) is 0.651. The molecule has 0 bridgehead atoms. The van der Waals surface area contributed by atoms with Crippen LogP contribution >= 0.6 is 0 Å². The fourth-order valence-corrected chi connectivity index (χ4v) is 3.16. The van der Waals surface area contributed by atoms with Gasteiger partial charge in [-0.15, -0.1) is 0 Å². The van der Waals surface area contributed by atoms with Crippen LogP contribution in [0.15, 0.2) is 18.2 Å². The topological polar surface area (TPSA) is 72.3 Å². The number of hydrogen-bond donors (Lipinski definition) is 2. The highest BCUT2D eigenvalue weighted by molar-refractivity contribution is 5.92. The molecular weight excluding hydrogens is 346 g/mol. The van der Waals surface area contributed by atoms with Gasteiger partial charge in [-0.25, -0.2) is 0 Å². The molecule has 0 spiro atoms. The second kappa shape index (κ2) is 10.2. The molecule has 2 amide bonds. The first kappa shape index (κ1) is 21.0. The monoisotopic (exact) mass is 378 g/mol. The molecule has 1 aliphatic rings. The summed E-state index contributed by atoms with van der Waals surface area (Å²) >= 11 is 0. The van der Waals surface area contributed by atoms with Crippen LogP contribution in [0, 0.1) is 0 Å². The fourth-order valence-electron chi connectivity index (χ4n) is 3.16. The Bertz CT molecular complexity index is 644. The molecule has 1 aromatic rings. The van der Waals surface area contributed by atoms with Crippen molar-refractivity contribution in [1.82, 2.24) is 4.90 Å². The van der Waals surface area contributed by atoms with E-state index in [1.165, 1.54) is 0 Å². The average molecular weight is 378 g/mol. The van der Waals surface area contributed by atoms with Crippen LogP contribution < -0.4 is 19.7 Å². The molecule has 2 atom stereocenters. The van der Waals surface area contributed by atoms with Crippen molar-refractivity contribution >= 4 is 17.5 Å². The van der Waals surface area contributed by atoms with Gasteiger partial charge >= 0.3 is 0 Å². The molecule has 27 heavy (non-hydrogen) atoms. The number of likely N-dealkylation sites (tertiary alicyclic amines) is 1. The third kappa shape index (κ3) is 5.85. The molecule has 0 aliphatic carbocycles.